The third kappa shape index (κ3) is 4.29. The van der Waals surface area contributed by atoms with Gasteiger partial charge in [-0.25, -0.2) is 4.79 Å². The van der Waals surface area contributed by atoms with Crippen molar-refractivity contribution in [3.05, 3.63) is 56.3 Å². The average Bonchev–Trinajstić information content (AvgIpc) is 3.00. The maximum Gasteiger partial charge on any atom is 0.339 e. The molecule has 0 bridgehead atoms. The molecule has 1 aromatic heterocycles. The predicted molar refractivity (Wildman–Crippen MR) is 110 cm³/mol. The molecule has 8 heteroatoms. The van der Waals surface area contributed by atoms with Gasteiger partial charge in [-0.15, -0.1) is 0 Å². The molecule has 1 aliphatic heterocycles. The lowest BCUT2D eigenvalue weighted by Crippen LogP contribution is -2.40. The van der Waals surface area contributed by atoms with E-state index < -0.39 is 5.97 Å². The van der Waals surface area contributed by atoms with E-state index in [4.69, 9.17) is 44.9 Å². The van der Waals surface area contributed by atoms with E-state index in [1.807, 2.05) is 6.92 Å². The molecule has 2 heterocycles. The smallest absolute Gasteiger partial charge is 0.339 e. The van der Waals surface area contributed by atoms with Crippen molar-refractivity contribution in [3.8, 4) is 0 Å². The molecule has 2 aromatic rings. The molecular formula is C19H20Cl2N2O3S. The highest BCUT2D eigenvalue weighted by Crippen LogP contribution is 2.29. The number of aryl methyl sites for hydroxylation is 1. The molecule has 144 valence electrons. The lowest BCUT2D eigenvalue weighted by molar-refractivity contribution is 0.0599. The normalized spacial score (nSPS) is 14.3. The number of methoxy groups -OCH3 is 1. The van der Waals surface area contributed by atoms with E-state index in [0.717, 1.165) is 16.8 Å². The van der Waals surface area contributed by atoms with Crippen LogP contribution < -0.4 is 0 Å². The first-order valence-corrected chi connectivity index (χ1v) is 9.69. The summed E-state index contributed by atoms with van der Waals surface area (Å²) in [6.45, 7) is 4.50. The Hall–Kier alpha value is -1.60. The molecular weight excluding hydrogens is 407 g/mol. The minimum absolute atomic E-state index is 0.409. The zero-order valence-electron chi connectivity index (χ0n) is 15.1. The van der Waals surface area contributed by atoms with Gasteiger partial charge in [0.2, 0.25) is 0 Å². The maximum absolute atomic E-state index is 12.4. The molecule has 0 saturated carbocycles. The van der Waals surface area contributed by atoms with Crippen LogP contribution in [0.25, 0.3) is 0 Å². The summed E-state index contributed by atoms with van der Waals surface area (Å²) in [7, 11) is 1.37. The molecule has 0 aliphatic carbocycles. The van der Waals surface area contributed by atoms with Gasteiger partial charge in [-0.3, -0.25) is 0 Å². The second kappa shape index (κ2) is 8.61. The summed E-state index contributed by atoms with van der Waals surface area (Å²) < 4.78 is 10.4. The molecule has 0 unspecified atom stereocenters. The zero-order valence-corrected chi connectivity index (χ0v) is 17.4. The van der Waals surface area contributed by atoms with Gasteiger partial charge in [0.25, 0.3) is 0 Å². The number of thiocarbonyl (C=S) groups is 1. The lowest BCUT2D eigenvalue weighted by Gasteiger charge is -2.29. The Morgan fingerprint density at radius 2 is 2.04 bits per heavy atom. The van der Waals surface area contributed by atoms with E-state index in [2.05, 4.69) is 9.88 Å². The number of esters is 1. The SMILES string of the molecule is COC(=O)c1c(C)[nH]c(C(=S)N2CCOCC2)c1Cc1cc(Cl)ccc1Cl. The number of aromatic amines is 1. The number of hydrogen-bond donors (Lipinski definition) is 1. The van der Waals surface area contributed by atoms with Crippen molar-refractivity contribution >= 4 is 46.4 Å². The Balaban J connectivity index is 2.06. The number of morpholine rings is 1. The topological polar surface area (TPSA) is 54.6 Å². The quantitative estimate of drug-likeness (QED) is 0.590. The molecule has 3 rings (SSSR count). The summed E-state index contributed by atoms with van der Waals surface area (Å²) in [4.78, 5) is 18.4. The van der Waals surface area contributed by atoms with E-state index in [-0.39, 0.29) is 0 Å². The fraction of sp³-hybridized carbons (Fsp3) is 0.368. The first kappa shape index (κ1) is 20.1. The van der Waals surface area contributed by atoms with Crippen LogP contribution in [0.3, 0.4) is 0 Å². The van der Waals surface area contributed by atoms with Crippen LogP contribution in [-0.4, -0.2) is 54.3 Å². The summed E-state index contributed by atoms with van der Waals surface area (Å²) in [6, 6.07) is 5.28. The number of hydrogen-bond acceptors (Lipinski definition) is 4. The molecule has 1 saturated heterocycles. The number of halogens is 2. The van der Waals surface area contributed by atoms with Gasteiger partial charge in [0, 0.05) is 35.2 Å². The van der Waals surface area contributed by atoms with Gasteiger partial charge in [0.1, 0.15) is 4.99 Å². The molecule has 1 fully saturated rings. The number of aromatic nitrogens is 1. The minimum atomic E-state index is -0.409. The van der Waals surface area contributed by atoms with Crippen molar-refractivity contribution in [2.24, 2.45) is 0 Å². The number of ether oxygens (including phenoxy) is 2. The van der Waals surface area contributed by atoms with Crippen LogP contribution in [0.1, 0.15) is 32.9 Å². The van der Waals surface area contributed by atoms with Gasteiger partial charge >= 0.3 is 5.97 Å². The van der Waals surface area contributed by atoms with Gasteiger partial charge in [0.15, 0.2) is 0 Å². The fourth-order valence-electron chi connectivity index (χ4n) is 3.21. The Morgan fingerprint density at radius 3 is 2.70 bits per heavy atom. The first-order valence-electron chi connectivity index (χ1n) is 8.53. The standard InChI is InChI=1S/C19H20Cl2N2O3S/c1-11-16(19(24)25-2)14(10-12-9-13(20)3-4-15(12)21)17(22-11)18(27)23-5-7-26-8-6-23/h3-4,9,22H,5-8,10H2,1-2H3. The highest BCUT2D eigenvalue weighted by molar-refractivity contribution is 7.80. The Morgan fingerprint density at radius 1 is 1.33 bits per heavy atom. The number of H-pyrrole nitrogens is 1. The van der Waals surface area contributed by atoms with Gasteiger partial charge in [0.05, 0.1) is 31.6 Å². The van der Waals surface area contributed by atoms with Crippen molar-refractivity contribution in [1.29, 1.82) is 0 Å². The van der Waals surface area contributed by atoms with Crippen molar-refractivity contribution in [2.75, 3.05) is 33.4 Å². The van der Waals surface area contributed by atoms with E-state index in [0.29, 0.717) is 59.0 Å². The van der Waals surface area contributed by atoms with Crippen molar-refractivity contribution in [2.45, 2.75) is 13.3 Å². The molecule has 1 aliphatic rings. The van der Waals surface area contributed by atoms with Gasteiger partial charge in [-0.2, -0.15) is 0 Å². The molecule has 0 radical (unpaired) electrons. The first-order chi connectivity index (χ1) is 12.9. The largest absolute Gasteiger partial charge is 0.465 e. The fourth-order valence-corrected chi connectivity index (χ4v) is 3.94. The lowest BCUT2D eigenvalue weighted by atomic mass is 9.99. The molecule has 5 nitrogen and oxygen atoms in total. The Bertz CT molecular complexity index is 876. The van der Waals surface area contributed by atoms with Crippen LogP contribution in [0.5, 0.6) is 0 Å². The van der Waals surface area contributed by atoms with Crippen molar-refractivity contribution in [1.82, 2.24) is 9.88 Å². The van der Waals surface area contributed by atoms with Crippen molar-refractivity contribution < 1.29 is 14.3 Å². The summed E-state index contributed by atoms with van der Waals surface area (Å²) in [5, 5.41) is 1.16. The van der Waals surface area contributed by atoms with Crippen LogP contribution >= 0.6 is 35.4 Å². The zero-order chi connectivity index (χ0) is 19.6. The van der Waals surface area contributed by atoms with Crippen molar-refractivity contribution in [3.63, 3.8) is 0 Å². The second-order valence-electron chi connectivity index (χ2n) is 6.29. The van der Waals surface area contributed by atoms with Crippen LogP contribution in [0.15, 0.2) is 18.2 Å². The predicted octanol–water partition coefficient (Wildman–Crippen LogP) is 4.02. The molecule has 1 aromatic carbocycles. The van der Waals surface area contributed by atoms with Gasteiger partial charge < -0.3 is 19.4 Å². The van der Waals surface area contributed by atoms with Crippen LogP contribution in [0, 0.1) is 6.92 Å². The number of carbonyl (C=O) groups excluding carboxylic acids is 1. The van der Waals surface area contributed by atoms with Crippen LogP contribution in [0.2, 0.25) is 10.0 Å². The molecule has 0 spiro atoms. The molecule has 27 heavy (non-hydrogen) atoms. The number of nitrogens with one attached hydrogen (secondary N) is 1. The summed E-state index contributed by atoms with van der Waals surface area (Å²) in [5.74, 6) is -0.409. The third-order valence-electron chi connectivity index (χ3n) is 4.57. The summed E-state index contributed by atoms with van der Waals surface area (Å²) in [6.07, 6.45) is 0.411. The Kier molecular flexibility index (Phi) is 6.42. The van der Waals surface area contributed by atoms with E-state index in [1.54, 1.807) is 18.2 Å². The second-order valence-corrected chi connectivity index (χ2v) is 7.52. The number of carbonyl (C=O) groups is 1. The van der Waals surface area contributed by atoms with Crippen LogP contribution in [0.4, 0.5) is 0 Å². The highest BCUT2D eigenvalue weighted by Gasteiger charge is 2.27. The van der Waals surface area contributed by atoms with E-state index in [1.165, 1.54) is 7.11 Å². The van der Waals surface area contributed by atoms with E-state index in [9.17, 15) is 4.79 Å². The third-order valence-corrected chi connectivity index (χ3v) is 5.63. The van der Waals surface area contributed by atoms with Gasteiger partial charge in [-0.1, -0.05) is 35.4 Å². The molecule has 1 N–H and O–H groups in total. The Labute approximate surface area is 173 Å². The van der Waals surface area contributed by atoms with Gasteiger partial charge in [-0.05, 0) is 36.2 Å². The summed E-state index contributed by atoms with van der Waals surface area (Å²) in [5.41, 5.74) is 3.51. The van der Waals surface area contributed by atoms with E-state index >= 15 is 0 Å². The maximum atomic E-state index is 12.4. The highest BCUT2D eigenvalue weighted by atomic mass is 35.5. The minimum Gasteiger partial charge on any atom is -0.465 e. The molecule has 0 atom stereocenters. The summed E-state index contributed by atoms with van der Waals surface area (Å²) >= 11 is 18.2. The van der Waals surface area contributed by atoms with Crippen LogP contribution in [-0.2, 0) is 15.9 Å². The monoisotopic (exact) mass is 426 g/mol. The number of nitrogens with zero attached hydrogens (tertiary/aromatic N) is 1. The number of rotatable bonds is 4. The average molecular weight is 427 g/mol. The molecule has 0 amide bonds. The number of benzene rings is 1.